The lowest BCUT2D eigenvalue weighted by Crippen LogP contribution is -2.34. The third-order valence-corrected chi connectivity index (χ3v) is 2.71. The van der Waals surface area contributed by atoms with Crippen LogP contribution in [0.1, 0.15) is 25.7 Å². The third-order valence-electron chi connectivity index (χ3n) is 2.71. The van der Waals surface area contributed by atoms with Crippen molar-refractivity contribution < 1.29 is 19.6 Å². The van der Waals surface area contributed by atoms with Crippen molar-refractivity contribution in [3.63, 3.8) is 0 Å². The minimum atomic E-state index is -1.40. The van der Waals surface area contributed by atoms with Crippen molar-refractivity contribution >= 4 is 13.1 Å². The second-order valence-electron chi connectivity index (χ2n) is 3.49. The fourth-order valence-electron chi connectivity index (χ4n) is 1.96. The number of ether oxygens (including phenoxy) is 1. The van der Waals surface area contributed by atoms with Crippen molar-refractivity contribution in [2.75, 3.05) is 7.11 Å². The Morgan fingerprint density at radius 3 is 2.54 bits per heavy atom. The minimum absolute atomic E-state index is 0.321. The summed E-state index contributed by atoms with van der Waals surface area (Å²) in [6.07, 6.45) is 3.31. The van der Waals surface area contributed by atoms with Gasteiger partial charge in [-0.1, -0.05) is 19.3 Å². The minimum Gasteiger partial charge on any atom is -0.469 e. The van der Waals surface area contributed by atoms with E-state index in [0.717, 1.165) is 12.8 Å². The van der Waals surface area contributed by atoms with Crippen molar-refractivity contribution in [3.8, 4) is 0 Å². The van der Waals surface area contributed by atoms with Crippen LogP contribution in [0, 0.1) is 5.92 Å². The van der Waals surface area contributed by atoms with E-state index in [2.05, 4.69) is 4.74 Å². The summed E-state index contributed by atoms with van der Waals surface area (Å²) in [7, 11) is -0.0676. The molecule has 1 fully saturated rings. The van der Waals surface area contributed by atoms with Crippen LogP contribution in [-0.2, 0) is 9.53 Å². The van der Waals surface area contributed by atoms with Crippen LogP contribution in [0.4, 0.5) is 0 Å². The van der Waals surface area contributed by atoms with E-state index in [-0.39, 0.29) is 17.7 Å². The highest BCUT2D eigenvalue weighted by Gasteiger charge is 2.38. The van der Waals surface area contributed by atoms with E-state index in [1.165, 1.54) is 7.11 Å². The van der Waals surface area contributed by atoms with Crippen LogP contribution in [0.3, 0.4) is 0 Å². The predicted molar refractivity (Wildman–Crippen MR) is 47.9 cm³/mol. The van der Waals surface area contributed by atoms with E-state index in [4.69, 9.17) is 10.0 Å². The number of carbonyl (C=O) groups is 1. The van der Waals surface area contributed by atoms with Gasteiger partial charge in [-0.15, -0.1) is 0 Å². The Kier molecular flexibility index (Phi) is 3.75. The summed E-state index contributed by atoms with van der Waals surface area (Å²) >= 11 is 0. The second-order valence-corrected chi connectivity index (χ2v) is 3.49. The maximum absolute atomic E-state index is 11.2. The number of methoxy groups -OCH3 is 1. The molecule has 0 aromatic carbocycles. The van der Waals surface area contributed by atoms with Crippen molar-refractivity contribution in [2.45, 2.75) is 31.5 Å². The molecule has 0 spiro atoms. The lowest BCUT2D eigenvalue weighted by molar-refractivity contribution is -0.146. The first-order valence-corrected chi connectivity index (χ1v) is 4.60. The number of esters is 1. The molecule has 0 heterocycles. The molecular weight excluding hydrogens is 171 g/mol. The van der Waals surface area contributed by atoms with Gasteiger partial charge in [-0.3, -0.25) is 4.79 Å². The van der Waals surface area contributed by atoms with Crippen LogP contribution in [0.25, 0.3) is 0 Å². The molecule has 2 N–H and O–H groups in total. The Balaban J connectivity index is 2.61. The molecule has 5 heteroatoms. The van der Waals surface area contributed by atoms with Crippen molar-refractivity contribution in [1.29, 1.82) is 0 Å². The average molecular weight is 186 g/mol. The van der Waals surface area contributed by atoms with Crippen LogP contribution in [0.5, 0.6) is 0 Å². The molecule has 2 atom stereocenters. The highest BCUT2D eigenvalue weighted by Crippen LogP contribution is 2.36. The standard InChI is InChI=1S/C8H15BO4/c1-13-8(10)6-4-2-3-5-7(6)9(11)12/h6-7,11-12H,2-5H2,1H3/t6-,7+/m1/s1. The van der Waals surface area contributed by atoms with Crippen LogP contribution in [-0.4, -0.2) is 30.2 Å². The second kappa shape index (κ2) is 4.62. The fraction of sp³-hybridized carbons (Fsp3) is 0.875. The van der Waals surface area contributed by atoms with Crippen LogP contribution in [0.2, 0.25) is 5.82 Å². The van der Waals surface area contributed by atoms with Gasteiger partial charge in [0.25, 0.3) is 0 Å². The number of rotatable bonds is 2. The van der Waals surface area contributed by atoms with Gasteiger partial charge < -0.3 is 14.8 Å². The lowest BCUT2D eigenvalue weighted by Gasteiger charge is -2.28. The third kappa shape index (κ3) is 2.45. The van der Waals surface area contributed by atoms with Gasteiger partial charge in [0.1, 0.15) is 0 Å². The van der Waals surface area contributed by atoms with Gasteiger partial charge in [-0.25, -0.2) is 0 Å². The van der Waals surface area contributed by atoms with E-state index in [9.17, 15) is 4.79 Å². The molecule has 0 bridgehead atoms. The SMILES string of the molecule is COC(=O)[C@@H]1CCCC[C@@H]1B(O)O. The zero-order valence-corrected chi connectivity index (χ0v) is 7.77. The molecule has 0 radical (unpaired) electrons. The number of hydrogen-bond donors (Lipinski definition) is 2. The zero-order chi connectivity index (χ0) is 9.84. The Labute approximate surface area is 78.0 Å². The maximum atomic E-state index is 11.2. The maximum Gasteiger partial charge on any atom is 0.455 e. The molecule has 0 aromatic heterocycles. The molecule has 0 amide bonds. The first kappa shape index (κ1) is 10.5. The first-order chi connectivity index (χ1) is 6.16. The average Bonchev–Trinajstić information content (AvgIpc) is 2.16. The monoisotopic (exact) mass is 186 g/mol. The summed E-state index contributed by atoms with van der Waals surface area (Å²) in [6, 6.07) is 0. The molecule has 4 nitrogen and oxygen atoms in total. The van der Waals surface area contributed by atoms with Gasteiger partial charge >= 0.3 is 13.1 Å². The summed E-state index contributed by atoms with van der Waals surface area (Å²) < 4.78 is 4.61. The predicted octanol–water partition coefficient (Wildman–Crippen LogP) is 0.193. The molecule has 0 unspecified atom stereocenters. The Morgan fingerprint density at radius 2 is 2.00 bits per heavy atom. The van der Waals surface area contributed by atoms with Gasteiger partial charge in [-0.05, 0) is 6.42 Å². The molecule has 13 heavy (non-hydrogen) atoms. The molecule has 74 valence electrons. The van der Waals surface area contributed by atoms with Gasteiger partial charge in [0.2, 0.25) is 0 Å². The van der Waals surface area contributed by atoms with Crippen LogP contribution >= 0.6 is 0 Å². The van der Waals surface area contributed by atoms with E-state index in [1.54, 1.807) is 0 Å². The summed E-state index contributed by atoms with van der Waals surface area (Å²) in [6.45, 7) is 0. The lowest BCUT2D eigenvalue weighted by atomic mass is 9.60. The fourth-order valence-corrected chi connectivity index (χ4v) is 1.96. The molecular formula is C8H15BO4. The van der Waals surface area contributed by atoms with Crippen molar-refractivity contribution in [2.24, 2.45) is 5.92 Å². The van der Waals surface area contributed by atoms with Crippen LogP contribution in [0.15, 0.2) is 0 Å². The number of hydrogen-bond acceptors (Lipinski definition) is 4. The summed E-state index contributed by atoms with van der Waals surface area (Å²) in [5, 5.41) is 18.1. The number of carbonyl (C=O) groups excluding carboxylic acids is 1. The molecule has 1 aliphatic rings. The van der Waals surface area contributed by atoms with Gasteiger partial charge in [0.15, 0.2) is 0 Å². The summed E-state index contributed by atoms with van der Waals surface area (Å²) in [5.74, 6) is -1.00. The van der Waals surface area contributed by atoms with Gasteiger partial charge in [-0.2, -0.15) is 0 Å². The first-order valence-electron chi connectivity index (χ1n) is 4.60. The molecule has 1 rings (SSSR count). The topological polar surface area (TPSA) is 66.8 Å². The molecule has 0 saturated heterocycles. The highest BCUT2D eigenvalue weighted by molar-refractivity contribution is 6.43. The quantitative estimate of drug-likeness (QED) is 0.477. The zero-order valence-electron chi connectivity index (χ0n) is 7.77. The van der Waals surface area contributed by atoms with Gasteiger partial charge in [0, 0.05) is 5.82 Å². The Hall–Kier alpha value is -0.545. The smallest absolute Gasteiger partial charge is 0.455 e. The highest BCUT2D eigenvalue weighted by atomic mass is 16.5. The normalized spacial score (nSPS) is 28.2. The van der Waals surface area contributed by atoms with Crippen molar-refractivity contribution in [3.05, 3.63) is 0 Å². The van der Waals surface area contributed by atoms with Gasteiger partial charge in [0.05, 0.1) is 13.0 Å². The summed E-state index contributed by atoms with van der Waals surface area (Å²) in [5.41, 5.74) is 0. The molecule has 1 saturated carbocycles. The van der Waals surface area contributed by atoms with E-state index >= 15 is 0 Å². The van der Waals surface area contributed by atoms with E-state index in [1.807, 2.05) is 0 Å². The Morgan fingerprint density at radius 1 is 1.38 bits per heavy atom. The van der Waals surface area contributed by atoms with Crippen LogP contribution < -0.4 is 0 Å². The Bertz CT molecular complexity index is 183. The van der Waals surface area contributed by atoms with E-state index < -0.39 is 7.12 Å². The molecule has 1 aliphatic carbocycles. The van der Waals surface area contributed by atoms with E-state index in [0.29, 0.717) is 12.8 Å². The molecule has 0 aromatic rings. The van der Waals surface area contributed by atoms with Crippen molar-refractivity contribution in [1.82, 2.24) is 0 Å². The largest absolute Gasteiger partial charge is 0.469 e. The summed E-state index contributed by atoms with van der Waals surface area (Å²) in [4.78, 5) is 11.2. The molecule has 0 aliphatic heterocycles.